The van der Waals surface area contributed by atoms with Crippen molar-refractivity contribution in [3.63, 3.8) is 0 Å². The number of ether oxygens (including phenoxy) is 2. The van der Waals surface area contributed by atoms with Crippen LogP contribution in [0.25, 0.3) is 0 Å². The summed E-state index contributed by atoms with van der Waals surface area (Å²) in [6, 6.07) is 6.14. The van der Waals surface area contributed by atoms with Gasteiger partial charge in [-0.15, -0.1) is 0 Å². The minimum atomic E-state index is -0.0128. The largest absolute Gasteiger partial charge is 0.497 e. The van der Waals surface area contributed by atoms with E-state index in [1.807, 2.05) is 30.0 Å². The molecule has 2 amide bonds. The number of nitrogens with zero attached hydrogens (tertiary/aromatic N) is 2. The van der Waals surface area contributed by atoms with Gasteiger partial charge in [-0.1, -0.05) is 0 Å². The fraction of sp³-hybridized carbons (Fsp3) is 0.611. The van der Waals surface area contributed by atoms with Crippen LogP contribution in [0.5, 0.6) is 5.75 Å². The molecular formula is C18H27N3O3. The monoisotopic (exact) mass is 333 g/mol. The van der Waals surface area contributed by atoms with Crippen LogP contribution in [0, 0.1) is 6.92 Å². The molecule has 0 saturated carbocycles. The molecule has 1 unspecified atom stereocenters. The smallest absolute Gasteiger partial charge is 0.321 e. The summed E-state index contributed by atoms with van der Waals surface area (Å²) in [6.45, 7) is 7.13. The third-order valence-electron chi connectivity index (χ3n) is 4.92. The number of amides is 2. The molecule has 1 atom stereocenters. The second kappa shape index (κ2) is 7.85. The van der Waals surface area contributed by atoms with Gasteiger partial charge < -0.3 is 19.7 Å². The predicted molar refractivity (Wildman–Crippen MR) is 93.7 cm³/mol. The molecule has 2 heterocycles. The summed E-state index contributed by atoms with van der Waals surface area (Å²) < 4.78 is 10.6. The van der Waals surface area contributed by atoms with E-state index in [9.17, 15) is 4.79 Å². The fourth-order valence-corrected chi connectivity index (χ4v) is 3.48. The van der Waals surface area contributed by atoms with E-state index >= 15 is 0 Å². The van der Waals surface area contributed by atoms with Gasteiger partial charge in [0.1, 0.15) is 5.75 Å². The lowest BCUT2D eigenvalue weighted by Crippen LogP contribution is -2.53. The zero-order valence-electron chi connectivity index (χ0n) is 14.6. The SMILES string of the molecule is COc1ccc(NC(=O)N2CCCC(N3CCOCC3)C2)c(C)c1. The molecule has 1 N–H and O–H groups in total. The molecule has 1 aromatic carbocycles. The lowest BCUT2D eigenvalue weighted by Gasteiger charge is -2.40. The number of piperidine rings is 1. The molecule has 132 valence electrons. The van der Waals surface area contributed by atoms with Crippen LogP contribution in [0.4, 0.5) is 10.5 Å². The highest BCUT2D eigenvalue weighted by molar-refractivity contribution is 5.90. The Morgan fingerprint density at radius 2 is 2.08 bits per heavy atom. The van der Waals surface area contributed by atoms with E-state index in [-0.39, 0.29) is 6.03 Å². The standard InChI is InChI=1S/C18H27N3O3/c1-14-12-16(23-2)5-6-17(14)19-18(22)21-7-3-4-15(13-21)20-8-10-24-11-9-20/h5-6,12,15H,3-4,7-11,13H2,1-2H3,(H,19,22). The molecule has 0 radical (unpaired) electrons. The predicted octanol–water partition coefficient (Wildman–Crippen LogP) is 2.33. The van der Waals surface area contributed by atoms with Gasteiger partial charge >= 0.3 is 6.03 Å². The maximum atomic E-state index is 12.6. The molecule has 0 aromatic heterocycles. The number of nitrogens with one attached hydrogen (secondary N) is 1. The van der Waals surface area contributed by atoms with E-state index in [1.165, 1.54) is 0 Å². The van der Waals surface area contributed by atoms with E-state index < -0.39 is 0 Å². The van der Waals surface area contributed by atoms with E-state index in [0.717, 1.165) is 69.2 Å². The average Bonchev–Trinajstić information content (AvgIpc) is 2.64. The van der Waals surface area contributed by atoms with Crippen LogP contribution in [-0.2, 0) is 4.74 Å². The van der Waals surface area contributed by atoms with Crippen LogP contribution in [0.3, 0.4) is 0 Å². The number of likely N-dealkylation sites (tertiary alicyclic amines) is 1. The Balaban J connectivity index is 1.60. The summed E-state index contributed by atoms with van der Waals surface area (Å²) in [5, 5.41) is 3.04. The minimum absolute atomic E-state index is 0.0128. The Kier molecular flexibility index (Phi) is 5.58. The molecule has 2 saturated heterocycles. The number of rotatable bonds is 3. The fourth-order valence-electron chi connectivity index (χ4n) is 3.48. The van der Waals surface area contributed by atoms with Gasteiger partial charge in [-0.2, -0.15) is 0 Å². The molecule has 6 heteroatoms. The Morgan fingerprint density at radius 3 is 2.79 bits per heavy atom. The number of carbonyl (C=O) groups is 1. The van der Waals surface area contributed by atoms with Gasteiger partial charge in [0.25, 0.3) is 0 Å². The molecule has 0 bridgehead atoms. The van der Waals surface area contributed by atoms with Crippen LogP contribution in [0.15, 0.2) is 18.2 Å². The zero-order chi connectivity index (χ0) is 16.9. The van der Waals surface area contributed by atoms with Crippen molar-refractivity contribution in [2.45, 2.75) is 25.8 Å². The summed E-state index contributed by atoms with van der Waals surface area (Å²) in [5.74, 6) is 0.802. The number of morpholine rings is 1. The maximum Gasteiger partial charge on any atom is 0.321 e. The first kappa shape index (κ1) is 17.0. The third kappa shape index (κ3) is 3.99. The Labute approximate surface area is 143 Å². The number of urea groups is 1. The zero-order valence-corrected chi connectivity index (χ0v) is 14.6. The second-order valence-electron chi connectivity index (χ2n) is 6.50. The average molecular weight is 333 g/mol. The van der Waals surface area contributed by atoms with Crippen molar-refractivity contribution < 1.29 is 14.3 Å². The van der Waals surface area contributed by atoms with Crippen molar-refractivity contribution in [2.75, 3.05) is 51.8 Å². The van der Waals surface area contributed by atoms with E-state index in [0.29, 0.717) is 6.04 Å². The first-order valence-electron chi connectivity index (χ1n) is 8.70. The first-order valence-corrected chi connectivity index (χ1v) is 8.70. The van der Waals surface area contributed by atoms with Crippen molar-refractivity contribution in [3.05, 3.63) is 23.8 Å². The second-order valence-corrected chi connectivity index (χ2v) is 6.50. The van der Waals surface area contributed by atoms with Gasteiger partial charge in [0.2, 0.25) is 0 Å². The molecule has 24 heavy (non-hydrogen) atoms. The Hall–Kier alpha value is -1.79. The van der Waals surface area contributed by atoms with Crippen molar-refractivity contribution in [3.8, 4) is 5.75 Å². The molecule has 3 rings (SSSR count). The summed E-state index contributed by atoms with van der Waals surface area (Å²) in [5.41, 5.74) is 1.85. The molecule has 6 nitrogen and oxygen atoms in total. The summed E-state index contributed by atoms with van der Waals surface area (Å²) >= 11 is 0. The molecule has 1 aromatic rings. The van der Waals surface area contributed by atoms with Gasteiger partial charge in [0, 0.05) is 37.9 Å². The van der Waals surface area contributed by atoms with Crippen LogP contribution in [0.2, 0.25) is 0 Å². The Morgan fingerprint density at radius 1 is 1.29 bits per heavy atom. The lowest BCUT2D eigenvalue weighted by atomic mass is 10.0. The quantitative estimate of drug-likeness (QED) is 0.922. The van der Waals surface area contributed by atoms with Crippen LogP contribution in [0.1, 0.15) is 18.4 Å². The van der Waals surface area contributed by atoms with E-state index in [4.69, 9.17) is 9.47 Å². The van der Waals surface area contributed by atoms with Gasteiger partial charge in [0.15, 0.2) is 0 Å². The highest BCUT2D eigenvalue weighted by Gasteiger charge is 2.28. The molecule has 2 fully saturated rings. The van der Waals surface area contributed by atoms with Crippen molar-refractivity contribution in [1.82, 2.24) is 9.80 Å². The van der Waals surface area contributed by atoms with Crippen LogP contribution in [-0.4, -0.2) is 68.4 Å². The van der Waals surface area contributed by atoms with Crippen LogP contribution < -0.4 is 10.1 Å². The number of carbonyl (C=O) groups excluding carboxylic acids is 1. The number of hydrogen-bond acceptors (Lipinski definition) is 4. The highest BCUT2D eigenvalue weighted by atomic mass is 16.5. The summed E-state index contributed by atoms with van der Waals surface area (Å²) in [7, 11) is 1.65. The maximum absolute atomic E-state index is 12.6. The molecule has 0 aliphatic carbocycles. The minimum Gasteiger partial charge on any atom is -0.497 e. The number of aryl methyl sites for hydroxylation is 1. The molecule has 2 aliphatic heterocycles. The lowest BCUT2D eigenvalue weighted by molar-refractivity contribution is 0.00248. The number of hydrogen-bond donors (Lipinski definition) is 1. The van der Waals surface area contributed by atoms with Crippen LogP contribution >= 0.6 is 0 Å². The van der Waals surface area contributed by atoms with Crippen molar-refractivity contribution >= 4 is 11.7 Å². The number of methoxy groups -OCH3 is 1. The first-order chi connectivity index (χ1) is 11.7. The summed E-state index contributed by atoms with van der Waals surface area (Å²) in [4.78, 5) is 17.0. The van der Waals surface area contributed by atoms with E-state index in [1.54, 1.807) is 7.11 Å². The molecule has 0 spiro atoms. The van der Waals surface area contributed by atoms with Gasteiger partial charge in [-0.05, 0) is 43.5 Å². The van der Waals surface area contributed by atoms with Crippen molar-refractivity contribution in [1.29, 1.82) is 0 Å². The van der Waals surface area contributed by atoms with Gasteiger partial charge in [-0.3, -0.25) is 4.90 Å². The van der Waals surface area contributed by atoms with Crippen molar-refractivity contribution in [2.24, 2.45) is 0 Å². The highest BCUT2D eigenvalue weighted by Crippen LogP contribution is 2.23. The molecular weight excluding hydrogens is 306 g/mol. The normalized spacial score (nSPS) is 22.2. The van der Waals surface area contributed by atoms with Gasteiger partial charge in [0.05, 0.1) is 20.3 Å². The van der Waals surface area contributed by atoms with E-state index in [2.05, 4.69) is 10.2 Å². The Bertz CT molecular complexity index is 573. The third-order valence-corrected chi connectivity index (χ3v) is 4.92. The topological polar surface area (TPSA) is 54.0 Å². The molecule has 2 aliphatic rings. The van der Waals surface area contributed by atoms with Gasteiger partial charge in [-0.25, -0.2) is 4.79 Å². The summed E-state index contributed by atoms with van der Waals surface area (Å²) in [6.07, 6.45) is 2.21. The number of anilines is 1. The number of benzene rings is 1.